The Morgan fingerprint density at radius 3 is 2.66 bits per heavy atom. The minimum absolute atomic E-state index is 0.604. The molecule has 29 heavy (non-hydrogen) atoms. The standard InChI is InChI=1S/C22H19N5OS/c1-15-5-4-8-20-25-21(26-27(15)20)16-9-11-17(12-10-16)28-13-14-29-22-23-18-6-2-3-7-19(18)24-22/h2-12H,13-14H2,1H3,(H,23,24). The van der Waals surface area contributed by atoms with Crippen molar-refractivity contribution < 1.29 is 4.74 Å². The van der Waals surface area contributed by atoms with Crippen LogP contribution in [0.2, 0.25) is 0 Å². The topological polar surface area (TPSA) is 68.1 Å². The third-order valence-corrected chi connectivity index (χ3v) is 5.46. The number of rotatable bonds is 6. The number of nitrogens with zero attached hydrogens (tertiary/aromatic N) is 4. The van der Waals surface area contributed by atoms with E-state index in [9.17, 15) is 0 Å². The van der Waals surface area contributed by atoms with E-state index in [0.717, 1.165) is 44.6 Å². The number of benzene rings is 2. The Morgan fingerprint density at radius 2 is 1.83 bits per heavy atom. The van der Waals surface area contributed by atoms with Crippen molar-refractivity contribution in [3.8, 4) is 17.1 Å². The highest BCUT2D eigenvalue weighted by Crippen LogP contribution is 2.22. The van der Waals surface area contributed by atoms with Crippen LogP contribution in [0.5, 0.6) is 5.75 Å². The molecule has 0 bridgehead atoms. The van der Waals surface area contributed by atoms with E-state index >= 15 is 0 Å². The van der Waals surface area contributed by atoms with Crippen molar-refractivity contribution in [3.05, 3.63) is 72.4 Å². The van der Waals surface area contributed by atoms with Crippen LogP contribution in [0, 0.1) is 6.92 Å². The number of para-hydroxylation sites is 2. The number of fused-ring (bicyclic) bond motifs is 2. The lowest BCUT2D eigenvalue weighted by atomic mass is 10.2. The van der Waals surface area contributed by atoms with Crippen molar-refractivity contribution >= 4 is 28.4 Å². The minimum Gasteiger partial charge on any atom is -0.493 e. The van der Waals surface area contributed by atoms with Crippen LogP contribution < -0.4 is 4.74 Å². The van der Waals surface area contributed by atoms with E-state index in [1.165, 1.54) is 0 Å². The van der Waals surface area contributed by atoms with Gasteiger partial charge >= 0.3 is 0 Å². The van der Waals surface area contributed by atoms with Gasteiger partial charge in [0.25, 0.3) is 0 Å². The summed E-state index contributed by atoms with van der Waals surface area (Å²) in [7, 11) is 0. The average molecular weight is 401 g/mol. The molecule has 0 unspecified atom stereocenters. The molecule has 0 atom stereocenters. The Balaban J connectivity index is 1.19. The fourth-order valence-corrected chi connectivity index (χ4v) is 3.86. The van der Waals surface area contributed by atoms with E-state index in [0.29, 0.717) is 12.4 Å². The van der Waals surface area contributed by atoms with Crippen LogP contribution in [0.4, 0.5) is 0 Å². The lowest BCUT2D eigenvalue weighted by Crippen LogP contribution is -2.00. The first kappa shape index (κ1) is 17.8. The molecule has 5 aromatic rings. The van der Waals surface area contributed by atoms with Crippen molar-refractivity contribution in [1.29, 1.82) is 0 Å². The van der Waals surface area contributed by atoms with Crippen molar-refractivity contribution in [2.24, 2.45) is 0 Å². The summed E-state index contributed by atoms with van der Waals surface area (Å²) in [5.74, 6) is 2.36. The van der Waals surface area contributed by atoms with E-state index in [-0.39, 0.29) is 0 Å². The van der Waals surface area contributed by atoms with Gasteiger partial charge in [0.15, 0.2) is 16.6 Å². The summed E-state index contributed by atoms with van der Waals surface area (Å²) >= 11 is 1.65. The van der Waals surface area contributed by atoms with Gasteiger partial charge in [-0.25, -0.2) is 14.5 Å². The van der Waals surface area contributed by atoms with E-state index < -0.39 is 0 Å². The first-order valence-corrected chi connectivity index (χ1v) is 10.4. The number of thioether (sulfide) groups is 1. The molecule has 0 saturated heterocycles. The zero-order chi connectivity index (χ0) is 19.6. The number of H-pyrrole nitrogens is 1. The van der Waals surface area contributed by atoms with Gasteiger partial charge in [0.2, 0.25) is 0 Å². The molecule has 0 aliphatic heterocycles. The highest BCUT2D eigenvalue weighted by atomic mass is 32.2. The lowest BCUT2D eigenvalue weighted by molar-refractivity contribution is 0.344. The maximum Gasteiger partial charge on any atom is 0.182 e. The lowest BCUT2D eigenvalue weighted by Gasteiger charge is -2.05. The van der Waals surface area contributed by atoms with Crippen molar-refractivity contribution in [2.45, 2.75) is 12.1 Å². The van der Waals surface area contributed by atoms with Crippen molar-refractivity contribution in [3.63, 3.8) is 0 Å². The van der Waals surface area contributed by atoms with Crippen molar-refractivity contribution in [1.82, 2.24) is 24.6 Å². The molecule has 0 fully saturated rings. The second-order valence-corrected chi connectivity index (χ2v) is 7.74. The van der Waals surface area contributed by atoms with Gasteiger partial charge in [-0.3, -0.25) is 0 Å². The van der Waals surface area contributed by atoms with Crippen LogP contribution in [-0.2, 0) is 0 Å². The Kier molecular flexibility index (Phi) is 4.65. The third kappa shape index (κ3) is 3.69. The van der Waals surface area contributed by atoms with Gasteiger partial charge < -0.3 is 9.72 Å². The molecule has 0 saturated carbocycles. The molecule has 0 spiro atoms. The fraction of sp³-hybridized carbons (Fsp3) is 0.136. The number of hydrogen-bond acceptors (Lipinski definition) is 5. The Bertz CT molecular complexity index is 1240. The Hall–Kier alpha value is -3.32. The zero-order valence-electron chi connectivity index (χ0n) is 15.9. The SMILES string of the molecule is Cc1cccc2nc(-c3ccc(OCCSc4nc5ccccc5[nH]4)cc3)nn12. The summed E-state index contributed by atoms with van der Waals surface area (Å²) in [5, 5.41) is 5.51. The summed E-state index contributed by atoms with van der Waals surface area (Å²) in [6, 6.07) is 21.9. The molecule has 0 aliphatic carbocycles. The summed E-state index contributed by atoms with van der Waals surface area (Å²) in [6.45, 7) is 2.62. The first-order valence-electron chi connectivity index (χ1n) is 9.39. The molecule has 2 aromatic carbocycles. The second kappa shape index (κ2) is 7.60. The predicted octanol–water partition coefficient (Wildman–Crippen LogP) is 4.75. The molecular weight excluding hydrogens is 382 g/mol. The highest BCUT2D eigenvalue weighted by Gasteiger charge is 2.08. The third-order valence-electron chi connectivity index (χ3n) is 4.62. The van der Waals surface area contributed by atoms with E-state index in [4.69, 9.17) is 4.74 Å². The molecule has 7 heteroatoms. The zero-order valence-corrected chi connectivity index (χ0v) is 16.7. The van der Waals surface area contributed by atoms with Crippen LogP contribution in [0.3, 0.4) is 0 Å². The normalized spacial score (nSPS) is 11.3. The maximum atomic E-state index is 5.86. The molecule has 0 radical (unpaired) electrons. The number of pyridine rings is 1. The molecule has 144 valence electrons. The minimum atomic E-state index is 0.604. The summed E-state index contributed by atoms with van der Waals surface area (Å²) in [5.41, 5.74) is 4.92. The first-order chi connectivity index (χ1) is 14.3. The van der Waals surface area contributed by atoms with Crippen molar-refractivity contribution in [2.75, 3.05) is 12.4 Å². The summed E-state index contributed by atoms with van der Waals surface area (Å²) < 4.78 is 7.72. The van der Waals surface area contributed by atoms with Crippen LogP contribution in [0.15, 0.2) is 71.9 Å². The Labute approximate surface area is 172 Å². The van der Waals surface area contributed by atoms with Gasteiger partial charge in [-0.1, -0.05) is 30.0 Å². The smallest absolute Gasteiger partial charge is 0.182 e. The number of nitrogens with one attached hydrogen (secondary N) is 1. The monoisotopic (exact) mass is 401 g/mol. The number of imidazole rings is 1. The van der Waals surface area contributed by atoms with E-state index in [1.807, 2.05) is 78.2 Å². The number of aromatic nitrogens is 5. The van der Waals surface area contributed by atoms with Gasteiger partial charge in [0, 0.05) is 17.0 Å². The van der Waals surface area contributed by atoms with E-state index in [1.54, 1.807) is 11.8 Å². The van der Waals surface area contributed by atoms with Crippen LogP contribution in [-0.4, -0.2) is 36.9 Å². The maximum absolute atomic E-state index is 5.86. The fourth-order valence-electron chi connectivity index (χ4n) is 3.15. The van der Waals surface area contributed by atoms with E-state index in [2.05, 4.69) is 20.1 Å². The Morgan fingerprint density at radius 1 is 0.966 bits per heavy atom. The largest absolute Gasteiger partial charge is 0.493 e. The van der Waals surface area contributed by atoms with Gasteiger partial charge in [-0.15, -0.1) is 5.10 Å². The quantitative estimate of drug-likeness (QED) is 0.328. The molecule has 0 aliphatic rings. The van der Waals surface area contributed by atoms with Crippen LogP contribution in [0.1, 0.15) is 5.69 Å². The predicted molar refractivity (Wildman–Crippen MR) is 115 cm³/mol. The molecule has 6 nitrogen and oxygen atoms in total. The van der Waals surface area contributed by atoms with Gasteiger partial charge in [0.1, 0.15) is 5.75 Å². The number of hydrogen-bond donors (Lipinski definition) is 1. The molecule has 0 amide bonds. The summed E-state index contributed by atoms with van der Waals surface area (Å²) in [4.78, 5) is 12.5. The number of aryl methyl sites for hydroxylation is 1. The average Bonchev–Trinajstić information content (AvgIpc) is 3.36. The van der Waals surface area contributed by atoms with Crippen LogP contribution >= 0.6 is 11.8 Å². The molecule has 3 aromatic heterocycles. The molecule has 1 N–H and O–H groups in total. The molecule has 3 heterocycles. The summed E-state index contributed by atoms with van der Waals surface area (Å²) in [6.07, 6.45) is 0. The highest BCUT2D eigenvalue weighted by molar-refractivity contribution is 7.99. The second-order valence-electron chi connectivity index (χ2n) is 6.65. The molecule has 5 rings (SSSR count). The molecular formula is C22H19N5OS. The van der Waals surface area contributed by atoms with Gasteiger partial charge in [-0.2, -0.15) is 0 Å². The number of aromatic amines is 1. The van der Waals surface area contributed by atoms with Gasteiger partial charge in [0.05, 0.1) is 17.6 Å². The van der Waals surface area contributed by atoms with Gasteiger partial charge in [-0.05, 0) is 55.5 Å². The number of ether oxygens (including phenoxy) is 1. The van der Waals surface area contributed by atoms with Crippen LogP contribution in [0.25, 0.3) is 28.1 Å².